The van der Waals surface area contributed by atoms with Gasteiger partial charge in [-0.15, -0.1) is 0 Å². The number of para-hydroxylation sites is 6. The molecule has 0 aliphatic rings. The topological polar surface area (TPSA) is 27.2 Å². The molecule has 6 aromatic carbocycles. The fourth-order valence-electron chi connectivity index (χ4n) is 7.24. The summed E-state index contributed by atoms with van der Waals surface area (Å²) in [4.78, 5) is 5.30. The molecular weight excluding hydrogens is 524 g/mol. The number of fused-ring (bicyclic) bond motifs is 13. The van der Waals surface area contributed by atoms with E-state index in [0.717, 1.165) is 33.6 Å². The molecule has 0 amide bonds. The summed E-state index contributed by atoms with van der Waals surface area (Å²) in [5.74, 6) is 0. The van der Waals surface area contributed by atoms with Gasteiger partial charge in [-0.2, -0.15) is 0 Å². The molecule has 0 saturated carbocycles. The third kappa shape index (κ3) is 2.97. The number of pyridine rings is 1. The number of aromatic nitrogens is 4. The van der Waals surface area contributed by atoms with Crippen molar-refractivity contribution in [2.24, 2.45) is 0 Å². The van der Waals surface area contributed by atoms with E-state index in [1.165, 1.54) is 49.0 Å². The van der Waals surface area contributed by atoms with E-state index < -0.39 is 0 Å². The average molecular weight is 549 g/mol. The van der Waals surface area contributed by atoms with Gasteiger partial charge < -0.3 is 9.13 Å². The molecule has 4 heterocycles. The summed E-state index contributed by atoms with van der Waals surface area (Å²) < 4.78 is 7.20. The lowest BCUT2D eigenvalue weighted by molar-refractivity contribution is 1.18. The van der Waals surface area contributed by atoms with Gasteiger partial charge in [-0.25, -0.2) is 4.98 Å². The van der Waals surface area contributed by atoms with Gasteiger partial charge in [0.1, 0.15) is 5.65 Å². The number of rotatable bonds is 2. The minimum absolute atomic E-state index is 0.983. The zero-order valence-electron chi connectivity index (χ0n) is 23.1. The number of hydrogen-bond acceptors (Lipinski definition) is 1. The molecule has 43 heavy (non-hydrogen) atoms. The molecule has 0 aliphatic heterocycles. The molecule has 4 nitrogen and oxygen atoms in total. The molecule has 10 aromatic rings. The van der Waals surface area contributed by atoms with E-state index >= 15 is 0 Å². The second-order valence-electron chi connectivity index (χ2n) is 11.2. The maximum atomic E-state index is 5.30. The highest BCUT2D eigenvalue weighted by Gasteiger charge is 2.23. The third-order valence-electron chi connectivity index (χ3n) is 8.97. The minimum Gasteiger partial charge on any atom is -0.309 e. The van der Waals surface area contributed by atoms with Crippen molar-refractivity contribution in [1.82, 2.24) is 18.5 Å². The van der Waals surface area contributed by atoms with Crippen LogP contribution in [-0.4, -0.2) is 18.5 Å². The summed E-state index contributed by atoms with van der Waals surface area (Å²) in [6.45, 7) is 0. The Labute approximate surface area is 246 Å². The van der Waals surface area contributed by atoms with Crippen LogP contribution >= 0.6 is 0 Å². The predicted molar refractivity (Wildman–Crippen MR) is 179 cm³/mol. The van der Waals surface area contributed by atoms with Crippen molar-refractivity contribution in [1.29, 1.82) is 0 Å². The number of benzene rings is 6. The highest BCUT2D eigenvalue weighted by atomic mass is 15.1. The van der Waals surface area contributed by atoms with Crippen molar-refractivity contribution in [3.63, 3.8) is 0 Å². The summed E-state index contributed by atoms with van der Waals surface area (Å²) in [5.41, 5.74) is 11.3. The van der Waals surface area contributed by atoms with Crippen LogP contribution in [-0.2, 0) is 0 Å². The van der Waals surface area contributed by atoms with Gasteiger partial charge in [-0.1, -0.05) is 84.9 Å². The Bertz CT molecular complexity index is 2710. The van der Waals surface area contributed by atoms with Gasteiger partial charge in [0.2, 0.25) is 0 Å². The lowest BCUT2D eigenvalue weighted by atomic mass is 10.1. The van der Waals surface area contributed by atoms with E-state index in [-0.39, 0.29) is 0 Å². The summed E-state index contributed by atoms with van der Waals surface area (Å²) in [6, 6.07) is 52.2. The Morgan fingerprint density at radius 2 is 0.977 bits per heavy atom. The van der Waals surface area contributed by atoms with Crippen LogP contribution < -0.4 is 0 Å². The van der Waals surface area contributed by atoms with E-state index in [1.54, 1.807) is 0 Å². The van der Waals surface area contributed by atoms with Crippen molar-refractivity contribution in [2.75, 3.05) is 0 Å². The molecule has 4 aromatic heterocycles. The van der Waals surface area contributed by atoms with Crippen LogP contribution in [0.1, 0.15) is 0 Å². The Balaban J connectivity index is 1.54. The Morgan fingerprint density at radius 3 is 1.72 bits per heavy atom. The van der Waals surface area contributed by atoms with Gasteiger partial charge >= 0.3 is 0 Å². The molecule has 200 valence electrons. The molecule has 0 N–H and O–H groups in total. The molecule has 10 rings (SSSR count). The van der Waals surface area contributed by atoms with Crippen LogP contribution in [0.25, 0.3) is 82.6 Å². The van der Waals surface area contributed by atoms with Crippen LogP contribution in [0.3, 0.4) is 0 Å². The highest BCUT2D eigenvalue weighted by Crippen LogP contribution is 2.43. The summed E-state index contributed by atoms with van der Waals surface area (Å²) in [5, 5.41) is 6.06. The fraction of sp³-hybridized carbons (Fsp3) is 0. The van der Waals surface area contributed by atoms with Gasteiger partial charge in [-0.3, -0.25) is 4.40 Å². The lowest BCUT2D eigenvalue weighted by Crippen LogP contribution is -1.98. The molecule has 0 spiro atoms. The van der Waals surface area contributed by atoms with Crippen molar-refractivity contribution in [2.45, 2.75) is 0 Å². The Hall–Kier alpha value is -5.87. The average Bonchev–Trinajstić information content (AvgIpc) is 3.73. The SMILES string of the molecule is c1ccc(-n2c3ccccc3c3cc4c5c(c6ccccc6n5-c5ccccc5)c5nc6ccccc6n5c4cc32)cc1. The second-order valence-corrected chi connectivity index (χ2v) is 11.2. The molecule has 0 fully saturated rings. The fourth-order valence-corrected chi connectivity index (χ4v) is 7.24. The Kier molecular flexibility index (Phi) is 4.42. The number of nitrogens with zero attached hydrogens (tertiary/aromatic N) is 4. The first-order valence-electron chi connectivity index (χ1n) is 14.7. The van der Waals surface area contributed by atoms with E-state index in [4.69, 9.17) is 4.98 Å². The Morgan fingerprint density at radius 1 is 0.395 bits per heavy atom. The van der Waals surface area contributed by atoms with Crippen LogP contribution in [0.5, 0.6) is 0 Å². The largest absolute Gasteiger partial charge is 0.309 e. The summed E-state index contributed by atoms with van der Waals surface area (Å²) in [7, 11) is 0. The molecule has 4 heteroatoms. The third-order valence-corrected chi connectivity index (χ3v) is 8.97. The van der Waals surface area contributed by atoms with E-state index in [9.17, 15) is 0 Å². The van der Waals surface area contributed by atoms with Gasteiger partial charge in [-0.05, 0) is 60.7 Å². The maximum absolute atomic E-state index is 5.30. The zero-order valence-corrected chi connectivity index (χ0v) is 23.1. The first-order chi connectivity index (χ1) is 21.4. The molecule has 0 unspecified atom stereocenters. The van der Waals surface area contributed by atoms with Crippen LogP contribution in [0, 0.1) is 0 Å². The van der Waals surface area contributed by atoms with Crippen molar-refractivity contribution in [3.05, 3.63) is 146 Å². The molecule has 0 saturated heterocycles. The smallest absolute Gasteiger partial charge is 0.148 e. The number of hydrogen-bond donors (Lipinski definition) is 0. The van der Waals surface area contributed by atoms with Gasteiger partial charge in [0.25, 0.3) is 0 Å². The lowest BCUT2D eigenvalue weighted by Gasteiger charge is -2.13. The molecule has 0 aliphatic carbocycles. The minimum atomic E-state index is 0.983. The first kappa shape index (κ1) is 22.8. The highest BCUT2D eigenvalue weighted by molar-refractivity contribution is 6.26. The molecule has 0 bridgehead atoms. The van der Waals surface area contributed by atoms with Crippen LogP contribution in [0.15, 0.2) is 146 Å². The van der Waals surface area contributed by atoms with Crippen molar-refractivity contribution >= 4 is 71.2 Å². The van der Waals surface area contributed by atoms with Gasteiger partial charge in [0.05, 0.1) is 44.0 Å². The summed E-state index contributed by atoms with van der Waals surface area (Å²) in [6.07, 6.45) is 0. The molecular formula is C39H24N4. The monoisotopic (exact) mass is 548 g/mol. The zero-order chi connectivity index (χ0) is 28.1. The van der Waals surface area contributed by atoms with Gasteiger partial charge in [0.15, 0.2) is 0 Å². The first-order valence-corrected chi connectivity index (χ1v) is 14.7. The van der Waals surface area contributed by atoms with Crippen molar-refractivity contribution < 1.29 is 0 Å². The maximum Gasteiger partial charge on any atom is 0.148 e. The van der Waals surface area contributed by atoms with Crippen LogP contribution in [0.2, 0.25) is 0 Å². The predicted octanol–water partition coefficient (Wildman–Crippen LogP) is 9.83. The van der Waals surface area contributed by atoms with E-state index in [0.29, 0.717) is 0 Å². The van der Waals surface area contributed by atoms with Gasteiger partial charge in [0, 0.05) is 32.9 Å². The molecule has 0 radical (unpaired) electrons. The normalized spacial score (nSPS) is 12.2. The van der Waals surface area contributed by atoms with Crippen LogP contribution in [0.4, 0.5) is 0 Å². The van der Waals surface area contributed by atoms with E-state index in [2.05, 4.69) is 159 Å². The standard InChI is InChI=1S/C39H24N4/c1-3-13-25(14-4-1)41-32-20-10-7-17-27(32)29-23-30-36(24-35(29)41)43-34-22-12-9-19-31(34)40-39(43)37-28-18-8-11-21-33(28)42(38(30)37)26-15-5-2-6-16-26/h1-24H. The quantitative estimate of drug-likeness (QED) is 0.211. The van der Waals surface area contributed by atoms with Crippen molar-refractivity contribution in [3.8, 4) is 11.4 Å². The summed E-state index contributed by atoms with van der Waals surface area (Å²) >= 11 is 0. The van der Waals surface area contributed by atoms with E-state index in [1.807, 2.05) is 0 Å². The molecule has 0 atom stereocenters. The second kappa shape index (κ2) is 8.34. The number of imidazole rings is 1.